The van der Waals surface area contributed by atoms with Crippen molar-refractivity contribution in [1.82, 2.24) is 5.01 Å². The number of thiophene rings is 1. The van der Waals surface area contributed by atoms with Crippen molar-refractivity contribution < 1.29 is 9.47 Å². The largest absolute Gasteiger partial charge is 0.497 e. The second-order valence-electron chi connectivity index (χ2n) is 6.98. The molecule has 5 rings (SSSR count). The number of hydrogen-bond donors (Lipinski definition) is 0. The van der Waals surface area contributed by atoms with E-state index in [1.807, 2.05) is 36.4 Å². The molecule has 0 aliphatic carbocycles. The zero-order valence-electron chi connectivity index (χ0n) is 15.6. The monoisotopic (exact) mass is 454 g/mol. The topological polar surface area (TPSA) is 34.1 Å². The SMILES string of the molecule is COc1ccc([C@@H]2Oc3ccc(Br)cc3[C@@H]3CC(c4ccc(C)s4)=NN32)cc1. The molecule has 2 aliphatic rings. The first kappa shape index (κ1) is 17.8. The van der Waals surface area contributed by atoms with Gasteiger partial charge in [0.25, 0.3) is 0 Å². The van der Waals surface area contributed by atoms with Crippen LogP contribution in [-0.4, -0.2) is 17.8 Å². The highest BCUT2D eigenvalue weighted by Gasteiger charge is 2.41. The third kappa shape index (κ3) is 3.01. The molecule has 2 atom stereocenters. The number of halogens is 1. The fourth-order valence-electron chi connectivity index (χ4n) is 3.79. The van der Waals surface area contributed by atoms with Crippen molar-refractivity contribution in [2.75, 3.05) is 7.11 Å². The Kier molecular flexibility index (Phi) is 4.40. The summed E-state index contributed by atoms with van der Waals surface area (Å²) in [4.78, 5) is 2.53. The lowest BCUT2D eigenvalue weighted by atomic mass is 9.97. The van der Waals surface area contributed by atoms with Crippen LogP contribution in [0.5, 0.6) is 11.5 Å². The van der Waals surface area contributed by atoms with Gasteiger partial charge in [-0.15, -0.1) is 11.3 Å². The fraction of sp³-hybridized carbons (Fsp3) is 0.227. The highest BCUT2D eigenvalue weighted by Crippen LogP contribution is 2.48. The molecule has 28 heavy (non-hydrogen) atoms. The third-order valence-corrected chi connectivity index (χ3v) is 6.72. The van der Waals surface area contributed by atoms with E-state index in [4.69, 9.17) is 14.6 Å². The first-order valence-corrected chi connectivity index (χ1v) is 10.8. The Balaban J connectivity index is 1.58. The number of hydrazone groups is 1. The Bertz CT molecular complexity index is 1060. The molecule has 1 aromatic heterocycles. The molecule has 0 radical (unpaired) electrons. The Morgan fingerprint density at radius 1 is 1.14 bits per heavy atom. The molecule has 0 unspecified atom stereocenters. The Morgan fingerprint density at radius 3 is 2.68 bits per heavy atom. The summed E-state index contributed by atoms with van der Waals surface area (Å²) in [5.41, 5.74) is 3.36. The highest BCUT2D eigenvalue weighted by atomic mass is 79.9. The summed E-state index contributed by atoms with van der Waals surface area (Å²) in [5.74, 6) is 1.75. The molecule has 2 aromatic carbocycles. The Morgan fingerprint density at radius 2 is 1.96 bits per heavy atom. The summed E-state index contributed by atoms with van der Waals surface area (Å²) in [5, 5.41) is 7.12. The summed E-state index contributed by atoms with van der Waals surface area (Å²) < 4.78 is 12.8. The van der Waals surface area contributed by atoms with Gasteiger partial charge in [-0.2, -0.15) is 5.10 Å². The minimum atomic E-state index is -0.261. The average molecular weight is 455 g/mol. The van der Waals surface area contributed by atoms with E-state index in [9.17, 15) is 0 Å². The van der Waals surface area contributed by atoms with Gasteiger partial charge in [-0.25, -0.2) is 5.01 Å². The van der Waals surface area contributed by atoms with Gasteiger partial charge in [0, 0.05) is 26.9 Å². The lowest BCUT2D eigenvalue weighted by molar-refractivity contribution is -0.0191. The van der Waals surface area contributed by atoms with Gasteiger partial charge < -0.3 is 9.47 Å². The van der Waals surface area contributed by atoms with Crippen molar-refractivity contribution in [2.24, 2.45) is 5.10 Å². The number of rotatable bonds is 3. The molecule has 3 heterocycles. The van der Waals surface area contributed by atoms with E-state index in [2.05, 4.69) is 46.1 Å². The Labute approximate surface area is 176 Å². The van der Waals surface area contributed by atoms with Crippen LogP contribution in [0.25, 0.3) is 0 Å². The molecule has 0 N–H and O–H groups in total. The Hall–Kier alpha value is -2.31. The van der Waals surface area contributed by atoms with E-state index in [1.165, 1.54) is 15.3 Å². The van der Waals surface area contributed by atoms with Gasteiger partial charge in [-0.1, -0.05) is 15.9 Å². The minimum Gasteiger partial charge on any atom is -0.497 e. The zero-order valence-corrected chi connectivity index (χ0v) is 18.0. The molecule has 2 aliphatic heterocycles. The van der Waals surface area contributed by atoms with Gasteiger partial charge in [0.1, 0.15) is 11.5 Å². The maximum atomic E-state index is 6.41. The van der Waals surface area contributed by atoms with Crippen molar-refractivity contribution in [2.45, 2.75) is 25.6 Å². The number of hydrogen-bond acceptors (Lipinski definition) is 5. The summed E-state index contributed by atoms with van der Waals surface area (Å²) in [6.45, 7) is 2.13. The fourth-order valence-corrected chi connectivity index (χ4v) is 5.02. The maximum Gasteiger partial charge on any atom is 0.213 e. The normalized spacial score (nSPS) is 20.2. The molecular formula is C22H19BrN2O2S. The molecule has 0 fully saturated rings. The summed E-state index contributed by atoms with van der Waals surface area (Å²) in [6, 6.07) is 18.7. The second-order valence-corrected chi connectivity index (χ2v) is 9.19. The molecule has 3 aromatic rings. The molecule has 0 amide bonds. The molecule has 4 nitrogen and oxygen atoms in total. The van der Waals surface area contributed by atoms with Crippen molar-refractivity contribution in [1.29, 1.82) is 0 Å². The van der Waals surface area contributed by atoms with E-state index in [0.717, 1.165) is 33.7 Å². The molecule has 0 bridgehead atoms. The van der Waals surface area contributed by atoms with Gasteiger partial charge in [-0.05, 0) is 61.5 Å². The van der Waals surface area contributed by atoms with Crippen LogP contribution in [-0.2, 0) is 0 Å². The first-order valence-electron chi connectivity index (χ1n) is 9.15. The van der Waals surface area contributed by atoms with Crippen LogP contribution in [0.4, 0.5) is 0 Å². The average Bonchev–Trinajstić information content (AvgIpc) is 3.34. The second kappa shape index (κ2) is 6.94. The summed E-state index contributed by atoms with van der Waals surface area (Å²) >= 11 is 5.40. The number of aryl methyl sites for hydroxylation is 1. The maximum absolute atomic E-state index is 6.41. The third-order valence-electron chi connectivity index (χ3n) is 5.18. The van der Waals surface area contributed by atoms with E-state index in [-0.39, 0.29) is 12.3 Å². The standard InChI is InChI=1S/C22H19BrN2O2S/c1-13-3-10-21(28-13)18-12-19-17-11-15(23)6-9-20(17)27-22(25(19)24-18)14-4-7-16(26-2)8-5-14/h3-11,19,22H,12H2,1-2H3/t19-,22-/m0/s1. The molecule has 142 valence electrons. The van der Waals surface area contributed by atoms with Crippen LogP contribution in [0.2, 0.25) is 0 Å². The van der Waals surface area contributed by atoms with Gasteiger partial charge >= 0.3 is 0 Å². The summed E-state index contributed by atoms with van der Waals surface area (Å²) in [6.07, 6.45) is 0.613. The highest BCUT2D eigenvalue weighted by molar-refractivity contribution is 9.10. The molecular weight excluding hydrogens is 436 g/mol. The van der Waals surface area contributed by atoms with Crippen LogP contribution < -0.4 is 9.47 Å². The van der Waals surface area contributed by atoms with Crippen molar-refractivity contribution in [3.8, 4) is 11.5 Å². The molecule has 0 saturated carbocycles. The number of benzene rings is 2. The minimum absolute atomic E-state index is 0.158. The van der Waals surface area contributed by atoms with Gasteiger partial charge in [0.15, 0.2) is 0 Å². The molecule has 0 spiro atoms. The quantitative estimate of drug-likeness (QED) is 0.481. The van der Waals surface area contributed by atoms with Gasteiger partial charge in [0.2, 0.25) is 6.23 Å². The van der Waals surface area contributed by atoms with Gasteiger partial charge in [0.05, 0.1) is 23.7 Å². The predicted molar refractivity (Wildman–Crippen MR) is 115 cm³/mol. The number of nitrogens with zero attached hydrogens (tertiary/aromatic N) is 2. The number of ether oxygens (including phenoxy) is 2. The van der Waals surface area contributed by atoms with Crippen LogP contribution in [0.3, 0.4) is 0 Å². The summed E-state index contributed by atoms with van der Waals surface area (Å²) in [7, 11) is 1.68. The predicted octanol–water partition coefficient (Wildman–Crippen LogP) is 6.07. The number of fused-ring (bicyclic) bond motifs is 3. The van der Waals surface area contributed by atoms with Crippen molar-refractivity contribution in [3.63, 3.8) is 0 Å². The van der Waals surface area contributed by atoms with E-state index in [0.29, 0.717) is 0 Å². The lowest BCUT2D eigenvalue weighted by Crippen LogP contribution is -2.33. The first-order chi connectivity index (χ1) is 13.6. The zero-order chi connectivity index (χ0) is 19.3. The van der Waals surface area contributed by atoms with E-state index < -0.39 is 0 Å². The molecule has 6 heteroatoms. The van der Waals surface area contributed by atoms with Crippen LogP contribution in [0.15, 0.2) is 64.2 Å². The smallest absolute Gasteiger partial charge is 0.213 e. The number of methoxy groups -OCH3 is 1. The lowest BCUT2D eigenvalue weighted by Gasteiger charge is -2.38. The van der Waals surface area contributed by atoms with E-state index >= 15 is 0 Å². The van der Waals surface area contributed by atoms with Gasteiger partial charge in [-0.3, -0.25) is 0 Å². The van der Waals surface area contributed by atoms with Crippen LogP contribution in [0, 0.1) is 6.92 Å². The van der Waals surface area contributed by atoms with Crippen LogP contribution in [0.1, 0.15) is 39.6 Å². The van der Waals surface area contributed by atoms with Crippen molar-refractivity contribution in [3.05, 3.63) is 80.0 Å². The molecule has 0 saturated heterocycles. The van der Waals surface area contributed by atoms with Crippen LogP contribution >= 0.6 is 27.3 Å². The van der Waals surface area contributed by atoms with E-state index in [1.54, 1.807) is 18.4 Å². The van der Waals surface area contributed by atoms with Crippen molar-refractivity contribution >= 4 is 33.0 Å².